The highest BCUT2D eigenvalue weighted by atomic mass is 16.4. The molecule has 2 saturated carbocycles. The molecule has 0 aromatic rings. The van der Waals surface area contributed by atoms with Crippen molar-refractivity contribution in [1.29, 1.82) is 0 Å². The Labute approximate surface area is 139 Å². The average Bonchev–Trinajstić information content (AvgIpc) is 2.54. The first-order chi connectivity index (χ1) is 10.8. The first-order valence-corrected chi connectivity index (χ1v) is 8.98. The fourth-order valence-corrected chi connectivity index (χ4v) is 5.89. The average molecular weight is 318 g/mol. The zero-order chi connectivity index (χ0) is 16.9. The van der Waals surface area contributed by atoms with E-state index in [1.165, 1.54) is 5.57 Å². The SMILES string of the molecule is C=CC1(C)CCC2C(=CCC3C(C)(C(=O)O)CCCC23CO)C1. The summed E-state index contributed by atoms with van der Waals surface area (Å²) in [6, 6.07) is 0. The molecule has 23 heavy (non-hydrogen) atoms. The van der Waals surface area contributed by atoms with Gasteiger partial charge in [-0.2, -0.15) is 0 Å². The minimum absolute atomic E-state index is 0.0492. The highest BCUT2D eigenvalue weighted by Gasteiger charge is 2.60. The number of aliphatic carboxylic acids is 1. The molecule has 0 aromatic carbocycles. The van der Waals surface area contributed by atoms with Crippen molar-refractivity contribution in [3.05, 3.63) is 24.3 Å². The van der Waals surface area contributed by atoms with Gasteiger partial charge < -0.3 is 10.2 Å². The molecule has 0 amide bonds. The monoisotopic (exact) mass is 318 g/mol. The zero-order valence-corrected chi connectivity index (χ0v) is 14.5. The molecule has 0 spiro atoms. The lowest BCUT2D eigenvalue weighted by Crippen LogP contribution is -2.56. The maximum Gasteiger partial charge on any atom is 0.309 e. The van der Waals surface area contributed by atoms with Gasteiger partial charge >= 0.3 is 5.97 Å². The summed E-state index contributed by atoms with van der Waals surface area (Å²) >= 11 is 0. The van der Waals surface area contributed by atoms with E-state index in [0.717, 1.165) is 44.9 Å². The lowest BCUT2D eigenvalue weighted by atomic mass is 9.45. The zero-order valence-electron chi connectivity index (χ0n) is 14.5. The summed E-state index contributed by atoms with van der Waals surface area (Å²) in [7, 11) is 0. The maximum atomic E-state index is 12.0. The van der Waals surface area contributed by atoms with Gasteiger partial charge in [0.05, 0.1) is 5.41 Å². The fourth-order valence-electron chi connectivity index (χ4n) is 5.89. The largest absolute Gasteiger partial charge is 0.481 e. The predicted octanol–water partition coefficient (Wildman–Crippen LogP) is 4.18. The van der Waals surface area contributed by atoms with Crippen LogP contribution in [0.15, 0.2) is 24.3 Å². The van der Waals surface area contributed by atoms with E-state index < -0.39 is 11.4 Å². The number of aliphatic hydroxyl groups is 1. The van der Waals surface area contributed by atoms with Crippen molar-refractivity contribution < 1.29 is 15.0 Å². The first kappa shape index (κ1) is 16.8. The van der Waals surface area contributed by atoms with E-state index in [4.69, 9.17) is 0 Å². The Balaban J connectivity index is 2.02. The van der Waals surface area contributed by atoms with Crippen LogP contribution in [-0.4, -0.2) is 22.8 Å². The highest BCUT2D eigenvalue weighted by Crippen LogP contribution is 2.63. The third-order valence-corrected chi connectivity index (χ3v) is 7.45. The molecule has 0 aliphatic heterocycles. The molecule has 5 unspecified atom stereocenters. The van der Waals surface area contributed by atoms with Crippen molar-refractivity contribution in [3.63, 3.8) is 0 Å². The third-order valence-electron chi connectivity index (χ3n) is 7.45. The van der Waals surface area contributed by atoms with Gasteiger partial charge in [0.25, 0.3) is 0 Å². The van der Waals surface area contributed by atoms with Crippen LogP contribution in [0.3, 0.4) is 0 Å². The number of fused-ring (bicyclic) bond motifs is 3. The van der Waals surface area contributed by atoms with Gasteiger partial charge in [-0.3, -0.25) is 4.79 Å². The Bertz CT molecular complexity index is 551. The Morgan fingerprint density at radius 3 is 2.74 bits per heavy atom. The molecule has 3 aliphatic carbocycles. The van der Waals surface area contributed by atoms with Gasteiger partial charge in [-0.15, -0.1) is 6.58 Å². The maximum absolute atomic E-state index is 12.0. The van der Waals surface area contributed by atoms with Crippen molar-refractivity contribution >= 4 is 5.97 Å². The van der Waals surface area contributed by atoms with Gasteiger partial charge in [0.15, 0.2) is 0 Å². The summed E-state index contributed by atoms with van der Waals surface area (Å²) in [6.45, 7) is 8.29. The van der Waals surface area contributed by atoms with Crippen LogP contribution in [0.25, 0.3) is 0 Å². The molecule has 3 nitrogen and oxygen atoms in total. The number of carbonyl (C=O) groups is 1. The van der Waals surface area contributed by atoms with E-state index in [1.807, 2.05) is 6.92 Å². The molecule has 0 heterocycles. The van der Waals surface area contributed by atoms with Crippen molar-refractivity contribution in [2.24, 2.45) is 28.1 Å². The summed E-state index contributed by atoms with van der Waals surface area (Å²) in [5.74, 6) is -0.296. The third kappa shape index (κ3) is 2.31. The van der Waals surface area contributed by atoms with Crippen LogP contribution in [0.4, 0.5) is 0 Å². The summed E-state index contributed by atoms with van der Waals surface area (Å²) in [6.07, 6.45) is 10.9. The summed E-state index contributed by atoms with van der Waals surface area (Å²) < 4.78 is 0. The lowest BCUT2D eigenvalue weighted by Gasteiger charge is -2.59. The Morgan fingerprint density at radius 1 is 1.39 bits per heavy atom. The number of rotatable bonds is 3. The molecule has 128 valence electrons. The van der Waals surface area contributed by atoms with E-state index >= 15 is 0 Å². The second-order valence-electron chi connectivity index (χ2n) is 8.66. The van der Waals surface area contributed by atoms with E-state index in [2.05, 4.69) is 25.7 Å². The smallest absolute Gasteiger partial charge is 0.309 e. The van der Waals surface area contributed by atoms with Gasteiger partial charge in [0, 0.05) is 12.0 Å². The minimum atomic E-state index is -0.706. The second kappa shape index (κ2) is 5.47. The molecule has 2 fully saturated rings. The Kier molecular flexibility index (Phi) is 3.99. The Morgan fingerprint density at radius 2 is 2.13 bits per heavy atom. The standard InChI is InChI=1S/C20H30O3/c1-4-18(2)11-8-15-14(12-18)6-7-16-19(3,17(22)23)9-5-10-20(15,16)13-21/h4,6,15-16,21H,1,5,7-13H2,2-3H3,(H,22,23). The highest BCUT2D eigenvalue weighted by molar-refractivity contribution is 5.75. The number of hydrogen-bond donors (Lipinski definition) is 2. The molecule has 3 heteroatoms. The summed E-state index contributed by atoms with van der Waals surface area (Å²) in [5, 5.41) is 20.2. The van der Waals surface area contributed by atoms with Crippen molar-refractivity contribution in [1.82, 2.24) is 0 Å². The number of carboxylic acid groups (broad SMARTS) is 1. The molecular formula is C20H30O3. The van der Waals surface area contributed by atoms with E-state index in [-0.39, 0.29) is 23.4 Å². The van der Waals surface area contributed by atoms with Crippen LogP contribution in [0.2, 0.25) is 0 Å². The van der Waals surface area contributed by atoms with E-state index in [0.29, 0.717) is 5.92 Å². The van der Waals surface area contributed by atoms with Crippen LogP contribution in [0, 0.1) is 28.1 Å². The summed E-state index contributed by atoms with van der Waals surface area (Å²) in [5.41, 5.74) is 0.648. The molecule has 0 saturated heterocycles. The van der Waals surface area contributed by atoms with E-state index in [9.17, 15) is 15.0 Å². The van der Waals surface area contributed by atoms with Gasteiger partial charge in [-0.1, -0.05) is 31.1 Å². The van der Waals surface area contributed by atoms with Crippen molar-refractivity contribution in [2.75, 3.05) is 6.61 Å². The van der Waals surface area contributed by atoms with Gasteiger partial charge in [-0.25, -0.2) is 0 Å². The topological polar surface area (TPSA) is 57.5 Å². The number of aliphatic hydroxyl groups excluding tert-OH is 1. The molecule has 3 aliphatic rings. The molecule has 2 N–H and O–H groups in total. The van der Waals surface area contributed by atoms with Crippen LogP contribution in [-0.2, 0) is 4.79 Å². The molecule has 3 rings (SSSR count). The molecule has 0 aromatic heterocycles. The number of allylic oxidation sites excluding steroid dienone is 3. The first-order valence-electron chi connectivity index (χ1n) is 8.98. The predicted molar refractivity (Wildman–Crippen MR) is 90.9 cm³/mol. The summed E-state index contributed by atoms with van der Waals surface area (Å²) in [4.78, 5) is 12.0. The quantitative estimate of drug-likeness (QED) is 0.768. The minimum Gasteiger partial charge on any atom is -0.481 e. The second-order valence-corrected chi connectivity index (χ2v) is 8.66. The lowest BCUT2D eigenvalue weighted by molar-refractivity contribution is -0.168. The van der Waals surface area contributed by atoms with Gasteiger partial charge in [0.1, 0.15) is 0 Å². The van der Waals surface area contributed by atoms with Crippen LogP contribution < -0.4 is 0 Å². The van der Waals surface area contributed by atoms with Crippen LogP contribution in [0.1, 0.15) is 58.8 Å². The molecule has 0 bridgehead atoms. The number of carboxylic acids is 1. The molecule has 0 radical (unpaired) electrons. The van der Waals surface area contributed by atoms with Gasteiger partial charge in [-0.05, 0) is 62.7 Å². The van der Waals surface area contributed by atoms with Gasteiger partial charge in [0.2, 0.25) is 0 Å². The van der Waals surface area contributed by atoms with Crippen molar-refractivity contribution in [3.8, 4) is 0 Å². The fraction of sp³-hybridized carbons (Fsp3) is 0.750. The van der Waals surface area contributed by atoms with Crippen molar-refractivity contribution in [2.45, 2.75) is 58.8 Å². The molecule has 5 atom stereocenters. The Hall–Kier alpha value is -1.09. The van der Waals surface area contributed by atoms with Crippen LogP contribution >= 0.6 is 0 Å². The van der Waals surface area contributed by atoms with E-state index in [1.54, 1.807) is 0 Å². The number of hydrogen-bond acceptors (Lipinski definition) is 2. The van der Waals surface area contributed by atoms with Crippen LogP contribution in [0.5, 0.6) is 0 Å². The normalized spacial score (nSPS) is 46.3. The molecular weight excluding hydrogens is 288 g/mol.